The smallest absolute Gasteiger partial charge is 0.169 e. The van der Waals surface area contributed by atoms with Crippen LogP contribution in [0.25, 0.3) is 11.0 Å². The van der Waals surface area contributed by atoms with E-state index in [0.29, 0.717) is 13.3 Å². The number of nitrogens with two attached hydrogens (primary N) is 1. The number of benzene rings is 1. The highest BCUT2D eigenvalue weighted by Gasteiger charge is 2.56. The molecule has 3 aliphatic heterocycles. The Hall–Kier alpha value is -1.32. The number of nitrogens with one attached hydrogen (secondary N) is 4. The van der Waals surface area contributed by atoms with Crippen molar-refractivity contribution in [2.75, 3.05) is 34.6 Å². The van der Waals surface area contributed by atoms with Crippen molar-refractivity contribution in [1.82, 2.24) is 30.8 Å². The average molecular weight is 466 g/mol. The Morgan fingerprint density at radius 2 is 2.00 bits per heavy atom. The number of fused-ring (bicyclic) bond motifs is 2. The molecule has 32 heavy (non-hydrogen) atoms. The molecular weight excluding hydrogens is 434 g/mol. The summed E-state index contributed by atoms with van der Waals surface area (Å²) in [5.41, 5.74) is 8.17. The van der Waals surface area contributed by atoms with Crippen molar-refractivity contribution in [1.29, 1.82) is 0 Å². The molecule has 4 heterocycles. The number of hydrogen-bond donors (Lipinski definition) is 5. The van der Waals surface area contributed by atoms with E-state index in [9.17, 15) is 0 Å². The maximum Gasteiger partial charge on any atom is 0.169 e. The van der Waals surface area contributed by atoms with Crippen LogP contribution in [0.3, 0.4) is 0 Å². The second-order valence-electron chi connectivity index (χ2n) is 8.15. The van der Waals surface area contributed by atoms with Gasteiger partial charge in [0.15, 0.2) is 5.16 Å². The van der Waals surface area contributed by atoms with Crippen molar-refractivity contribution in [3.63, 3.8) is 0 Å². The van der Waals surface area contributed by atoms with Gasteiger partial charge in [-0.1, -0.05) is 23.9 Å². The van der Waals surface area contributed by atoms with Gasteiger partial charge in [0.25, 0.3) is 0 Å². The van der Waals surface area contributed by atoms with Crippen LogP contribution in [-0.2, 0) is 18.9 Å². The van der Waals surface area contributed by atoms with Gasteiger partial charge < -0.3 is 29.7 Å². The van der Waals surface area contributed by atoms with E-state index in [2.05, 4.69) is 25.8 Å². The summed E-state index contributed by atoms with van der Waals surface area (Å²) >= 11 is 1.59. The summed E-state index contributed by atoms with van der Waals surface area (Å²) in [5.74, 6) is 0. The Labute approximate surface area is 191 Å². The highest BCUT2D eigenvalue weighted by molar-refractivity contribution is 7.99. The van der Waals surface area contributed by atoms with Gasteiger partial charge in [0.2, 0.25) is 0 Å². The zero-order valence-electron chi connectivity index (χ0n) is 18.4. The summed E-state index contributed by atoms with van der Waals surface area (Å²) in [6.45, 7) is 1.02. The number of H-pyrrole nitrogens is 1. The largest absolute Gasteiger partial charge is 0.382 e. The molecule has 0 saturated carbocycles. The van der Waals surface area contributed by atoms with Gasteiger partial charge in [-0.15, -0.1) is 0 Å². The number of hydrogen-bond acceptors (Lipinski definition) is 11. The third-order valence-electron chi connectivity index (χ3n) is 6.35. The molecule has 0 amide bonds. The number of ether oxygens (including phenoxy) is 4. The maximum atomic E-state index is 6.47. The van der Waals surface area contributed by atoms with Crippen LogP contribution in [0, 0.1) is 0 Å². The number of rotatable bonds is 7. The molecule has 3 saturated heterocycles. The predicted octanol–water partition coefficient (Wildman–Crippen LogP) is -0.625. The lowest BCUT2D eigenvalue weighted by molar-refractivity contribution is -0.122. The maximum absolute atomic E-state index is 6.47. The quantitative estimate of drug-likeness (QED) is 0.358. The van der Waals surface area contributed by atoms with E-state index in [1.807, 2.05) is 24.3 Å². The highest BCUT2D eigenvalue weighted by Crippen LogP contribution is 2.38. The molecule has 3 fully saturated rings. The first-order valence-corrected chi connectivity index (χ1v) is 11.6. The number of nitrogens with zero attached hydrogens (tertiary/aromatic N) is 2. The number of methoxy groups -OCH3 is 3. The van der Waals surface area contributed by atoms with Gasteiger partial charge in [0.1, 0.15) is 30.0 Å². The molecule has 6 unspecified atom stereocenters. The number of imidazole rings is 1. The van der Waals surface area contributed by atoms with Gasteiger partial charge >= 0.3 is 0 Å². The van der Waals surface area contributed by atoms with Gasteiger partial charge in [0, 0.05) is 28.0 Å². The number of para-hydroxylation sites is 2. The predicted molar refractivity (Wildman–Crippen MR) is 120 cm³/mol. The fraction of sp³-hybridized carbons (Fsp3) is 0.650. The van der Waals surface area contributed by atoms with Crippen LogP contribution in [0.5, 0.6) is 0 Å². The van der Waals surface area contributed by atoms with E-state index in [4.69, 9.17) is 29.7 Å². The minimum atomic E-state index is -0.368. The molecule has 0 spiro atoms. The Kier molecular flexibility index (Phi) is 6.67. The van der Waals surface area contributed by atoms with Gasteiger partial charge in [0.05, 0.1) is 36.0 Å². The van der Waals surface area contributed by atoms with Crippen molar-refractivity contribution in [2.24, 2.45) is 5.73 Å². The first-order valence-electron chi connectivity index (χ1n) is 10.7. The molecule has 6 N–H and O–H groups in total. The monoisotopic (exact) mass is 465 g/mol. The van der Waals surface area contributed by atoms with Crippen LogP contribution >= 0.6 is 11.8 Å². The summed E-state index contributed by atoms with van der Waals surface area (Å²) in [4.78, 5) is 10.4. The van der Waals surface area contributed by atoms with Crippen LogP contribution in [0.4, 0.5) is 0 Å². The fourth-order valence-electron chi connectivity index (χ4n) is 4.87. The van der Waals surface area contributed by atoms with Gasteiger partial charge in [-0.05, 0) is 12.1 Å². The molecule has 5 rings (SSSR count). The van der Waals surface area contributed by atoms with Gasteiger partial charge in [-0.2, -0.15) is 0 Å². The van der Waals surface area contributed by atoms with Crippen LogP contribution in [-0.4, -0.2) is 97.9 Å². The summed E-state index contributed by atoms with van der Waals surface area (Å²) in [6, 6.07) is 7.96. The van der Waals surface area contributed by atoms with Crippen molar-refractivity contribution in [3.8, 4) is 0 Å². The van der Waals surface area contributed by atoms with E-state index in [0.717, 1.165) is 16.2 Å². The van der Waals surface area contributed by atoms with E-state index < -0.39 is 0 Å². The molecule has 0 aliphatic carbocycles. The third kappa shape index (κ3) is 3.94. The minimum Gasteiger partial charge on any atom is -0.382 e. The van der Waals surface area contributed by atoms with Gasteiger partial charge in [-0.3, -0.25) is 16.0 Å². The standard InChI is InChI=1S/C20H31N7O4S/c1-28-8-12-14(29-2)15(30-3)18(31-12)27-17-13(16(21)22-9-23-17)26-20(27)32-19-24-10-6-4-5-7-11(10)25-19/h4-7,12-18,20,22-23,26H,8-9,21H2,1-3H3,(H,24,25)/t12-,13?,14?,15?,16?,17?,18+,20?/m0/s1. The molecule has 8 atom stereocenters. The van der Waals surface area contributed by atoms with Crippen LogP contribution < -0.4 is 21.7 Å². The zero-order valence-corrected chi connectivity index (χ0v) is 19.2. The number of aromatic nitrogens is 2. The molecular formula is C20H31N7O4S. The number of thioether (sulfide) groups is 1. The van der Waals surface area contributed by atoms with Crippen LogP contribution in [0.1, 0.15) is 0 Å². The van der Waals surface area contributed by atoms with Crippen LogP contribution in [0.2, 0.25) is 0 Å². The number of aromatic amines is 1. The summed E-state index contributed by atoms with van der Waals surface area (Å²) in [7, 11) is 5.02. The molecule has 176 valence electrons. The second-order valence-corrected chi connectivity index (χ2v) is 9.21. The Balaban J connectivity index is 1.46. The van der Waals surface area contributed by atoms with Crippen molar-refractivity contribution in [2.45, 2.75) is 53.6 Å². The van der Waals surface area contributed by atoms with Crippen LogP contribution in [0.15, 0.2) is 29.4 Å². The first-order chi connectivity index (χ1) is 15.6. The molecule has 11 nitrogen and oxygen atoms in total. The molecule has 1 aromatic carbocycles. The van der Waals surface area contributed by atoms with Crippen molar-refractivity contribution >= 4 is 22.8 Å². The molecule has 0 radical (unpaired) electrons. The fourth-order valence-corrected chi connectivity index (χ4v) is 6.00. The second kappa shape index (κ2) is 9.50. The lowest BCUT2D eigenvalue weighted by Crippen LogP contribution is -2.68. The van der Waals surface area contributed by atoms with E-state index in [1.165, 1.54) is 0 Å². The average Bonchev–Trinajstić information content (AvgIpc) is 3.46. The molecule has 0 bridgehead atoms. The SMILES string of the molecule is COC[C@@H]1O[C@@H](N2C(Sc3nc4ccccc4[nH]3)NC3C(N)NCNC32)C(OC)C1OC. The van der Waals surface area contributed by atoms with Crippen molar-refractivity contribution in [3.05, 3.63) is 24.3 Å². The topological polar surface area (TPSA) is 131 Å². The van der Waals surface area contributed by atoms with E-state index in [1.54, 1.807) is 33.1 Å². The van der Waals surface area contributed by atoms with Crippen molar-refractivity contribution < 1.29 is 18.9 Å². The summed E-state index contributed by atoms with van der Waals surface area (Å²) in [5, 5.41) is 11.3. The lowest BCUT2D eigenvalue weighted by atomic mass is 10.1. The third-order valence-corrected chi connectivity index (χ3v) is 7.37. The Bertz CT molecular complexity index is 886. The van der Waals surface area contributed by atoms with E-state index in [-0.39, 0.29) is 48.4 Å². The normalized spacial score (nSPS) is 37.9. The molecule has 3 aliphatic rings. The molecule has 1 aromatic heterocycles. The minimum absolute atomic E-state index is 0.0331. The highest BCUT2D eigenvalue weighted by atomic mass is 32.2. The summed E-state index contributed by atoms with van der Waals surface area (Å²) < 4.78 is 23.5. The lowest BCUT2D eigenvalue weighted by Gasteiger charge is -2.40. The summed E-state index contributed by atoms with van der Waals surface area (Å²) in [6.07, 6.45) is -1.43. The van der Waals surface area contributed by atoms with Gasteiger partial charge in [-0.25, -0.2) is 9.88 Å². The zero-order chi connectivity index (χ0) is 22.2. The molecule has 2 aromatic rings. The van der Waals surface area contributed by atoms with E-state index >= 15 is 0 Å². The molecule has 12 heteroatoms. The Morgan fingerprint density at radius 3 is 2.75 bits per heavy atom. The Morgan fingerprint density at radius 1 is 1.19 bits per heavy atom. The first kappa shape index (κ1) is 22.5.